The van der Waals surface area contributed by atoms with Crippen LogP contribution in [0, 0.1) is 6.92 Å². The second-order valence-corrected chi connectivity index (χ2v) is 9.00. The van der Waals surface area contributed by atoms with Gasteiger partial charge in [0.05, 0.1) is 5.75 Å². The van der Waals surface area contributed by atoms with Crippen LogP contribution in [0.3, 0.4) is 0 Å². The van der Waals surface area contributed by atoms with Crippen LogP contribution in [-0.4, -0.2) is 23.1 Å². The first-order valence-corrected chi connectivity index (χ1v) is 7.76. The van der Waals surface area contributed by atoms with E-state index in [1.165, 1.54) is 6.92 Å². The monoisotopic (exact) mass is 338 g/mol. The number of benzene rings is 1. The maximum atomic E-state index is 12.0. The number of hydrogen-bond donors (Lipinski definition) is 0. The lowest BCUT2D eigenvalue weighted by Gasteiger charge is -2.18. The van der Waals surface area contributed by atoms with E-state index in [4.69, 9.17) is 11.6 Å². The fourth-order valence-corrected chi connectivity index (χ4v) is 3.31. The zero-order chi connectivity index (χ0) is 13.3. The molecule has 0 bridgehead atoms. The van der Waals surface area contributed by atoms with E-state index >= 15 is 0 Å². The maximum absolute atomic E-state index is 12.0. The van der Waals surface area contributed by atoms with Gasteiger partial charge in [-0.1, -0.05) is 48.4 Å². The summed E-state index contributed by atoms with van der Waals surface area (Å²) in [6, 6.07) is 6.57. The molecule has 0 N–H and O–H groups in total. The summed E-state index contributed by atoms with van der Waals surface area (Å²) in [6.45, 7) is 3.31. The van der Waals surface area contributed by atoms with Crippen molar-refractivity contribution in [2.24, 2.45) is 0 Å². The summed E-state index contributed by atoms with van der Waals surface area (Å²) in [7, 11) is -3.72. The molecule has 0 spiro atoms. The van der Waals surface area contributed by atoms with Crippen LogP contribution in [0.5, 0.6) is 0 Å². The SMILES string of the molecule is CCS(=O)(=O)C(Cl)(Br)C(=O)c1ccc(C)cc1. The Balaban J connectivity index is 3.18. The number of hydrogen-bond acceptors (Lipinski definition) is 3. The Morgan fingerprint density at radius 3 is 2.24 bits per heavy atom. The van der Waals surface area contributed by atoms with Crippen molar-refractivity contribution in [2.75, 3.05) is 5.75 Å². The van der Waals surface area contributed by atoms with Gasteiger partial charge in [0.15, 0.2) is 9.84 Å². The normalized spacial score (nSPS) is 15.3. The first-order valence-electron chi connectivity index (χ1n) is 4.94. The molecule has 17 heavy (non-hydrogen) atoms. The van der Waals surface area contributed by atoms with Gasteiger partial charge in [0.1, 0.15) is 0 Å². The molecule has 0 fully saturated rings. The summed E-state index contributed by atoms with van der Waals surface area (Å²) < 4.78 is 21.3. The number of carbonyl (C=O) groups excluding carboxylic acids is 1. The summed E-state index contributed by atoms with van der Waals surface area (Å²) in [6.07, 6.45) is 0. The molecule has 3 nitrogen and oxygen atoms in total. The molecule has 1 atom stereocenters. The van der Waals surface area contributed by atoms with E-state index in [1.807, 2.05) is 6.92 Å². The molecule has 1 aromatic rings. The van der Waals surface area contributed by atoms with E-state index < -0.39 is 18.7 Å². The van der Waals surface area contributed by atoms with Gasteiger partial charge in [-0.3, -0.25) is 4.79 Å². The number of ketones is 1. The third-order valence-corrected chi connectivity index (χ3v) is 6.79. The molecule has 0 amide bonds. The summed E-state index contributed by atoms with van der Waals surface area (Å²) in [5.74, 6) is -0.875. The second-order valence-electron chi connectivity index (χ2n) is 3.62. The second kappa shape index (κ2) is 5.08. The molecular weight excluding hydrogens is 328 g/mol. The van der Waals surface area contributed by atoms with Crippen LogP contribution in [0.15, 0.2) is 24.3 Å². The van der Waals surface area contributed by atoms with Gasteiger partial charge in [0.2, 0.25) is 5.78 Å². The minimum Gasteiger partial charge on any atom is -0.290 e. The van der Waals surface area contributed by atoms with Crippen LogP contribution in [0.4, 0.5) is 0 Å². The number of sulfone groups is 1. The Morgan fingerprint density at radius 1 is 1.35 bits per heavy atom. The van der Waals surface area contributed by atoms with Crippen molar-refractivity contribution in [2.45, 2.75) is 17.0 Å². The minimum atomic E-state index is -3.72. The van der Waals surface area contributed by atoms with Crippen molar-refractivity contribution >= 4 is 43.2 Å². The van der Waals surface area contributed by atoms with Crippen LogP contribution in [0.2, 0.25) is 0 Å². The quantitative estimate of drug-likeness (QED) is 0.626. The fraction of sp³-hybridized carbons (Fsp3) is 0.364. The molecular formula is C11H12BrClO3S. The maximum Gasteiger partial charge on any atom is 0.261 e. The van der Waals surface area contributed by atoms with Gasteiger partial charge in [-0.15, -0.1) is 0 Å². The summed E-state index contributed by atoms with van der Waals surface area (Å²) in [5.41, 5.74) is 1.24. The molecule has 1 rings (SSSR count). The average molecular weight is 340 g/mol. The van der Waals surface area contributed by atoms with Crippen LogP contribution < -0.4 is 0 Å². The van der Waals surface area contributed by atoms with E-state index in [2.05, 4.69) is 15.9 Å². The average Bonchev–Trinajstić information content (AvgIpc) is 2.28. The summed E-state index contributed by atoms with van der Waals surface area (Å²) in [5, 5.41) is 0. The van der Waals surface area contributed by atoms with E-state index in [1.54, 1.807) is 24.3 Å². The largest absolute Gasteiger partial charge is 0.290 e. The number of halogens is 2. The third kappa shape index (κ3) is 2.89. The van der Waals surface area contributed by atoms with Crippen molar-refractivity contribution in [1.82, 2.24) is 0 Å². The van der Waals surface area contributed by atoms with E-state index in [0.29, 0.717) is 0 Å². The number of carbonyl (C=O) groups is 1. The molecule has 0 aliphatic carbocycles. The third-order valence-electron chi connectivity index (χ3n) is 2.35. The van der Waals surface area contributed by atoms with Crippen molar-refractivity contribution in [3.8, 4) is 0 Å². The lowest BCUT2D eigenvalue weighted by atomic mass is 10.1. The highest BCUT2D eigenvalue weighted by atomic mass is 79.9. The van der Waals surface area contributed by atoms with Gasteiger partial charge in [-0.2, -0.15) is 0 Å². The highest BCUT2D eigenvalue weighted by molar-refractivity contribution is 9.12. The van der Waals surface area contributed by atoms with Crippen molar-refractivity contribution in [1.29, 1.82) is 0 Å². The predicted molar refractivity (Wildman–Crippen MR) is 72.5 cm³/mol. The molecule has 1 aromatic carbocycles. The van der Waals surface area contributed by atoms with Gasteiger partial charge < -0.3 is 0 Å². The molecule has 6 heteroatoms. The molecule has 0 aliphatic heterocycles. The minimum absolute atomic E-state index is 0.209. The van der Waals surface area contributed by atoms with Crippen LogP contribution in [-0.2, 0) is 9.84 Å². The Kier molecular flexibility index (Phi) is 4.38. The topological polar surface area (TPSA) is 51.2 Å². The van der Waals surface area contributed by atoms with E-state index in [9.17, 15) is 13.2 Å². The zero-order valence-electron chi connectivity index (χ0n) is 9.41. The Hall–Kier alpha value is -0.390. The van der Waals surface area contributed by atoms with Gasteiger partial charge >= 0.3 is 0 Å². The number of Topliss-reactive ketones (excluding diaryl/α,β-unsaturated/α-hetero) is 1. The van der Waals surface area contributed by atoms with Crippen molar-refractivity contribution < 1.29 is 13.2 Å². The summed E-state index contributed by atoms with van der Waals surface area (Å²) in [4.78, 5) is 12.0. The highest BCUT2D eigenvalue weighted by Crippen LogP contribution is 2.34. The molecule has 0 heterocycles. The standard InChI is InChI=1S/C11H12BrClO3S/c1-3-17(15,16)11(12,13)10(14)9-6-4-8(2)5-7-9/h4-7H,3H2,1-2H3. The van der Waals surface area contributed by atoms with E-state index in [0.717, 1.165) is 5.56 Å². The molecule has 0 aliphatic rings. The zero-order valence-corrected chi connectivity index (χ0v) is 12.6. The molecule has 0 saturated carbocycles. The molecule has 1 unspecified atom stereocenters. The first-order chi connectivity index (χ1) is 7.72. The number of rotatable bonds is 4. The van der Waals surface area contributed by atoms with Gasteiger partial charge in [0.25, 0.3) is 3.12 Å². The lowest BCUT2D eigenvalue weighted by molar-refractivity contribution is 0.1000. The molecule has 0 radical (unpaired) electrons. The number of aryl methyl sites for hydroxylation is 1. The molecule has 0 saturated heterocycles. The van der Waals surface area contributed by atoms with Crippen molar-refractivity contribution in [3.05, 3.63) is 35.4 Å². The lowest BCUT2D eigenvalue weighted by Crippen LogP contribution is -2.36. The van der Waals surface area contributed by atoms with Gasteiger partial charge in [-0.05, 0) is 22.9 Å². The number of alkyl halides is 2. The van der Waals surface area contributed by atoms with Crippen molar-refractivity contribution in [3.63, 3.8) is 0 Å². The van der Waals surface area contributed by atoms with Gasteiger partial charge in [-0.25, -0.2) is 8.42 Å². The fourth-order valence-electron chi connectivity index (χ4n) is 1.20. The smallest absolute Gasteiger partial charge is 0.261 e. The van der Waals surface area contributed by atoms with Crippen LogP contribution in [0.25, 0.3) is 0 Å². The summed E-state index contributed by atoms with van der Waals surface area (Å²) >= 11 is 8.64. The predicted octanol–water partition coefficient (Wildman–Crippen LogP) is 2.90. The molecule has 94 valence electrons. The Bertz CT molecular complexity index is 520. The van der Waals surface area contributed by atoms with Gasteiger partial charge in [0, 0.05) is 5.56 Å². The van der Waals surface area contributed by atoms with E-state index in [-0.39, 0.29) is 11.3 Å². The highest BCUT2D eigenvalue weighted by Gasteiger charge is 2.45. The Morgan fingerprint density at radius 2 is 1.82 bits per heavy atom. The molecule has 0 aromatic heterocycles. The Labute approximate surface area is 114 Å². The van der Waals surface area contributed by atoms with Crippen LogP contribution in [0.1, 0.15) is 22.8 Å². The first kappa shape index (κ1) is 14.7. The van der Waals surface area contributed by atoms with Crippen LogP contribution >= 0.6 is 27.5 Å².